The van der Waals surface area contributed by atoms with E-state index in [1.54, 1.807) is 13.8 Å². The van der Waals surface area contributed by atoms with Crippen molar-refractivity contribution in [2.45, 2.75) is 19.1 Å². The third-order valence-corrected chi connectivity index (χ3v) is 6.57. The predicted molar refractivity (Wildman–Crippen MR) is 48.4 cm³/mol. The van der Waals surface area contributed by atoms with E-state index in [9.17, 15) is 13.0 Å². The van der Waals surface area contributed by atoms with Gasteiger partial charge in [-0.2, -0.15) is 0 Å². The maximum atomic E-state index is 11.2. The fourth-order valence-electron chi connectivity index (χ4n) is 0.582. The quantitative estimate of drug-likeness (QED) is 0.644. The van der Waals surface area contributed by atoms with Crippen LogP contribution in [0.3, 0.4) is 0 Å². The van der Waals surface area contributed by atoms with Crippen molar-refractivity contribution in [2.75, 3.05) is 18.8 Å². The van der Waals surface area contributed by atoms with Crippen LogP contribution in [0.2, 0.25) is 0 Å². The van der Waals surface area contributed by atoms with Crippen LogP contribution in [0.1, 0.15) is 13.8 Å². The third-order valence-electron chi connectivity index (χ3n) is 1.21. The van der Waals surface area contributed by atoms with E-state index in [1.165, 1.54) is 13.3 Å². The Hall–Kier alpha value is 0.180. The van der Waals surface area contributed by atoms with Gasteiger partial charge >= 0.3 is 0 Å². The molecule has 3 nitrogen and oxygen atoms in total. The molecule has 0 rings (SSSR count). The summed E-state index contributed by atoms with van der Waals surface area (Å²) in [6, 6.07) is 0. The Kier molecular flexibility index (Phi) is 3.33. The smallest absolute Gasteiger partial charge is 0.159 e. The number of hydrogen-bond donors (Lipinski definition) is 0. The predicted octanol–water partition coefficient (Wildman–Crippen LogP) is 1.39. The van der Waals surface area contributed by atoms with Gasteiger partial charge in [0, 0.05) is 0 Å². The van der Waals surface area contributed by atoms with Crippen LogP contribution in [-0.2, 0) is 14.4 Å². The molecule has 0 amide bonds. The second-order valence-corrected chi connectivity index (χ2v) is 9.86. The molecule has 0 fully saturated rings. The lowest BCUT2D eigenvalue weighted by Gasteiger charge is -2.09. The fraction of sp³-hybridized carbons (Fsp3) is 1.00. The van der Waals surface area contributed by atoms with Crippen LogP contribution in [0.25, 0.3) is 0 Å². The average molecular weight is 198 g/mol. The van der Waals surface area contributed by atoms with E-state index in [1.807, 2.05) is 0 Å². The molecular weight excluding hydrogens is 183 g/mol. The summed E-state index contributed by atoms with van der Waals surface area (Å²) in [6.07, 6.45) is 0. The van der Waals surface area contributed by atoms with E-state index in [0.29, 0.717) is 0 Å². The standard InChI is InChI=1S/C6H15O3PS/c1-6(2)11(8,9)5-10(3,4)7/h6H,5H2,1-4H3. The summed E-state index contributed by atoms with van der Waals surface area (Å²) in [7, 11) is -5.55. The molecule has 5 heteroatoms. The first kappa shape index (κ1) is 11.2. The highest BCUT2D eigenvalue weighted by atomic mass is 32.2. The van der Waals surface area contributed by atoms with Crippen molar-refractivity contribution in [2.24, 2.45) is 0 Å². The Labute approximate surface area is 68.5 Å². The lowest BCUT2D eigenvalue weighted by Crippen LogP contribution is -2.17. The van der Waals surface area contributed by atoms with Crippen molar-refractivity contribution in [1.29, 1.82) is 0 Å². The van der Waals surface area contributed by atoms with E-state index < -0.39 is 22.2 Å². The minimum Gasteiger partial charge on any atom is -0.323 e. The Morgan fingerprint density at radius 1 is 1.27 bits per heavy atom. The van der Waals surface area contributed by atoms with Crippen LogP contribution in [0, 0.1) is 0 Å². The molecule has 0 aliphatic carbocycles. The molecule has 0 saturated heterocycles. The lowest BCUT2D eigenvalue weighted by atomic mass is 10.6. The maximum absolute atomic E-state index is 11.2. The molecule has 0 aliphatic rings. The molecule has 0 aromatic heterocycles. The molecule has 0 atom stereocenters. The molecule has 0 spiro atoms. The van der Waals surface area contributed by atoms with Crippen molar-refractivity contribution >= 4 is 17.0 Å². The highest BCUT2D eigenvalue weighted by Crippen LogP contribution is 2.38. The summed E-state index contributed by atoms with van der Waals surface area (Å²) in [5.74, 6) is 0. The molecule has 0 heterocycles. The molecule has 68 valence electrons. The van der Waals surface area contributed by atoms with E-state index in [-0.39, 0.29) is 5.49 Å². The molecule has 0 aliphatic heterocycles. The Morgan fingerprint density at radius 2 is 1.64 bits per heavy atom. The van der Waals surface area contributed by atoms with Gasteiger partial charge < -0.3 is 4.57 Å². The maximum Gasteiger partial charge on any atom is 0.159 e. The number of sulfone groups is 1. The molecular formula is C6H15O3PS. The first-order chi connectivity index (χ1) is 4.65. The summed E-state index contributed by atoms with van der Waals surface area (Å²) in [5.41, 5.74) is -0.169. The van der Waals surface area contributed by atoms with Gasteiger partial charge in [0.05, 0.1) is 12.4 Å². The fourth-order valence-corrected chi connectivity index (χ4v) is 5.24. The summed E-state index contributed by atoms with van der Waals surface area (Å²) < 4.78 is 33.5. The topological polar surface area (TPSA) is 51.2 Å². The third kappa shape index (κ3) is 4.59. The van der Waals surface area contributed by atoms with E-state index in [2.05, 4.69) is 0 Å². The lowest BCUT2D eigenvalue weighted by molar-refractivity contribution is 0.578. The van der Waals surface area contributed by atoms with Crippen molar-refractivity contribution in [3.05, 3.63) is 0 Å². The van der Waals surface area contributed by atoms with Crippen molar-refractivity contribution in [3.63, 3.8) is 0 Å². The zero-order chi connectivity index (χ0) is 9.28. The van der Waals surface area contributed by atoms with Crippen molar-refractivity contribution < 1.29 is 13.0 Å². The molecule has 0 bridgehead atoms. The van der Waals surface area contributed by atoms with Crippen molar-refractivity contribution in [1.82, 2.24) is 0 Å². The first-order valence-electron chi connectivity index (χ1n) is 3.41. The Balaban J connectivity index is 4.54. The van der Waals surface area contributed by atoms with Gasteiger partial charge in [-0.1, -0.05) is 0 Å². The van der Waals surface area contributed by atoms with Gasteiger partial charge in [0.2, 0.25) is 0 Å². The normalized spacial score (nSPS) is 13.9. The minimum absolute atomic E-state index is 0.169. The van der Waals surface area contributed by atoms with Crippen LogP contribution in [-0.4, -0.2) is 32.5 Å². The highest BCUT2D eigenvalue weighted by molar-refractivity contribution is 7.99. The Bertz CT molecular complexity index is 260. The molecule has 0 N–H and O–H groups in total. The zero-order valence-electron chi connectivity index (χ0n) is 7.36. The van der Waals surface area contributed by atoms with Crippen molar-refractivity contribution in [3.8, 4) is 0 Å². The van der Waals surface area contributed by atoms with E-state index in [0.717, 1.165) is 0 Å². The largest absolute Gasteiger partial charge is 0.323 e. The van der Waals surface area contributed by atoms with Gasteiger partial charge in [0.1, 0.15) is 5.49 Å². The molecule has 0 unspecified atom stereocenters. The van der Waals surface area contributed by atoms with Gasteiger partial charge in [-0.25, -0.2) is 8.42 Å². The van der Waals surface area contributed by atoms with Gasteiger partial charge in [-0.15, -0.1) is 0 Å². The number of hydrogen-bond acceptors (Lipinski definition) is 3. The molecule has 0 aromatic carbocycles. The molecule has 0 radical (unpaired) electrons. The molecule has 0 aromatic rings. The summed E-state index contributed by atoms with van der Waals surface area (Å²) >= 11 is 0. The monoisotopic (exact) mass is 198 g/mol. The second-order valence-electron chi connectivity index (χ2n) is 3.41. The van der Waals surface area contributed by atoms with Gasteiger partial charge in [-0.05, 0) is 27.2 Å². The van der Waals surface area contributed by atoms with E-state index >= 15 is 0 Å². The summed E-state index contributed by atoms with van der Waals surface area (Å²) in [6.45, 7) is 6.19. The Morgan fingerprint density at radius 3 is 1.73 bits per heavy atom. The minimum atomic E-state index is -3.12. The SMILES string of the molecule is CC(C)S(=O)(=O)CP(C)(C)=O. The van der Waals surface area contributed by atoms with Gasteiger partial charge in [0.25, 0.3) is 0 Å². The van der Waals surface area contributed by atoms with Gasteiger partial charge in [0.15, 0.2) is 9.84 Å². The van der Waals surface area contributed by atoms with Crippen LogP contribution in [0.5, 0.6) is 0 Å². The highest BCUT2D eigenvalue weighted by Gasteiger charge is 2.23. The van der Waals surface area contributed by atoms with Crippen LogP contribution < -0.4 is 0 Å². The summed E-state index contributed by atoms with van der Waals surface area (Å²) in [4.78, 5) is 0. The molecule has 0 saturated carbocycles. The number of rotatable bonds is 3. The second kappa shape index (κ2) is 3.28. The van der Waals surface area contributed by atoms with Crippen LogP contribution in [0.15, 0.2) is 0 Å². The van der Waals surface area contributed by atoms with Crippen LogP contribution >= 0.6 is 7.14 Å². The van der Waals surface area contributed by atoms with Crippen LogP contribution in [0.4, 0.5) is 0 Å². The first-order valence-corrected chi connectivity index (χ1v) is 7.91. The zero-order valence-corrected chi connectivity index (χ0v) is 9.08. The summed E-state index contributed by atoms with van der Waals surface area (Å²) in [5, 5.41) is -0.421. The average Bonchev–Trinajstić information content (AvgIpc) is 1.56. The van der Waals surface area contributed by atoms with E-state index in [4.69, 9.17) is 0 Å². The van der Waals surface area contributed by atoms with Gasteiger partial charge in [-0.3, -0.25) is 0 Å². The molecule has 11 heavy (non-hydrogen) atoms.